The highest BCUT2D eigenvalue weighted by Gasteiger charge is 2.14. The Morgan fingerprint density at radius 1 is 0.540 bits per heavy atom. The monoisotopic (exact) mass is 698 g/mol. The first-order chi connectivity index (χ1) is 24.5. The van der Waals surface area contributed by atoms with Crippen molar-refractivity contribution in [3.8, 4) is 0 Å². The molecule has 0 aliphatic heterocycles. The zero-order valence-electron chi connectivity index (χ0n) is 32.2. The Bertz CT molecular complexity index is 948. The fraction of sp³-hybridized carbons (Fsp3) is 0.705. The Kier molecular flexibility index (Phi) is 36.7. The first kappa shape index (κ1) is 47.1. The third-order valence-corrected chi connectivity index (χ3v) is 8.67. The van der Waals surface area contributed by atoms with Crippen molar-refractivity contribution in [3.05, 3.63) is 60.8 Å². The highest BCUT2D eigenvalue weighted by Crippen LogP contribution is 2.17. The second-order valence-corrected chi connectivity index (χ2v) is 13.5. The number of esters is 1. The van der Waals surface area contributed by atoms with E-state index in [-0.39, 0.29) is 24.5 Å². The molecule has 0 aromatic heterocycles. The molecule has 0 fully saturated rings. The largest absolute Gasteiger partial charge is 0.480 e. The van der Waals surface area contributed by atoms with E-state index >= 15 is 0 Å². The average molecular weight is 698 g/mol. The number of carbonyl (C=O) groups is 3. The van der Waals surface area contributed by atoms with E-state index < -0.39 is 5.97 Å². The van der Waals surface area contributed by atoms with E-state index in [9.17, 15) is 14.4 Å². The molecule has 0 aliphatic carbocycles. The zero-order valence-corrected chi connectivity index (χ0v) is 32.2. The topological polar surface area (TPSA) is 92.7 Å². The van der Waals surface area contributed by atoms with Gasteiger partial charge in [-0.1, -0.05) is 139 Å². The maximum atomic E-state index is 12.7. The summed E-state index contributed by atoms with van der Waals surface area (Å²) in [5.41, 5.74) is 0. The van der Waals surface area contributed by atoms with Crippen LogP contribution in [0, 0.1) is 0 Å². The van der Waals surface area contributed by atoms with Crippen LogP contribution in [0.15, 0.2) is 60.8 Å². The molecule has 2 N–H and O–H groups in total. The number of carboxylic acid groups (broad SMARTS) is 1. The third kappa shape index (κ3) is 37.9. The van der Waals surface area contributed by atoms with Crippen molar-refractivity contribution in [3.63, 3.8) is 0 Å². The number of unbranched alkanes of at least 4 members (excludes halogenated alkanes) is 15. The first-order valence-corrected chi connectivity index (χ1v) is 20.4. The quantitative estimate of drug-likeness (QED) is 0.0386. The standard InChI is InChI=1S/C44H75NO5/c1-3-5-7-9-11-13-15-17-18-20-22-24-26-31-35-39-44(49)50-41(37-33-29-27-30-34-38-42(46)45-40-43(47)48)36-32-28-25-23-21-19-16-14-12-10-8-6-4-2/h5,7,11,13,16-19,23,25,41H,3-4,6,8-10,12,14-15,20-22,24,26-40H2,1-2H3,(H,45,46)(H,47,48)/b7-5-,13-11-,18-17-,19-16-,25-23-. The number of aliphatic carboxylic acids is 1. The van der Waals surface area contributed by atoms with Crippen molar-refractivity contribution in [2.75, 3.05) is 6.54 Å². The Labute approximate surface area is 307 Å². The second kappa shape index (κ2) is 38.9. The first-order valence-electron chi connectivity index (χ1n) is 20.4. The van der Waals surface area contributed by atoms with Crippen LogP contribution in [0.1, 0.15) is 187 Å². The summed E-state index contributed by atoms with van der Waals surface area (Å²) >= 11 is 0. The van der Waals surface area contributed by atoms with Gasteiger partial charge in [0.1, 0.15) is 12.6 Å². The van der Waals surface area contributed by atoms with E-state index in [1.165, 1.54) is 51.4 Å². The lowest BCUT2D eigenvalue weighted by Crippen LogP contribution is -2.28. The number of carboxylic acids is 1. The normalized spacial score (nSPS) is 12.7. The van der Waals surface area contributed by atoms with E-state index in [4.69, 9.17) is 9.84 Å². The molecule has 0 aromatic carbocycles. The van der Waals surface area contributed by atoms with Gasteiger partial charge in [-0.15, -0.1) is 0 Å². The Morgan fingerprint density at radius 3 is 1.58 bits per heavy atom. The molecule has 50 heavy (non-hydrogen) atoms. The molecule has 0 heterocycles. The predicted molar refractivity (Wildman–Crippen MR) is 212 cm³/mol. The molecular weight excluding hydrogens is 622 g/mol. The van der Waals surface area contributed by atoms with Crippen LogP contribution in [0.4, 0.5) is 0 Å². The average Bonchev–Trinajstić information content (AvgIpc) is 3.10. The molecule has 1 atom stereocenters. The number of ether oxygens (including phenoxy) is 1. The summed E-state index contributed by atoms with van der Waals surface area (Å²) in [6, 6.07) is 0. The van der Waals surface area contributed by atoms with Gasteiger partial charge in [0.05, 0.1) is 0 Å². The third-order valence-electron chi connectivity index (χ3n) is 8.67. The Balaban J connectivity index is 4.30. The van der Waals surface area contributed by atoms with Crippen LogP contribution in [0.2, 0.25) is 0 Å². The summed E-state index contributed by atoms with van der Waals surface area (Å²) in [5, 5.41) is 11.1. The number of amides is 1. The zero-order chi connectivity index (χ0) is 36.6. The molecule has 0 rings (SSSR count). The minimum Gasteiger partial charge on any atom is -0.480 e. The molecule has 1 amide bonds. The van der Waals surface area contributed by atoms with Crippen molar-refractivity contribution in [2.45, 2.75) is 193 Å². The number of hydrogen-bond donors (Lipinski definition) is 2. The number of nitrogens with one attached hydrogen (secondary N) is 1. The highest BCUT2D eigenvalue weighted by atomic mass is 16.5. The van der Waals surface area contributed by atoms with Gasteiger partial charge in [0.25, 0.3) is 0 Å². The summed E-state index contributed by atoms with van der Waals surface area (Å²) in [6.45, 7) is 4.09. The van der Waals surface area contributed by atoms with Gasteiger partial charge in [0, 0.05) is 12.8 Å². The van der Waals surface area contributed by atoms with Crippen LogP contribution < -0.4 is 5.32 Å². The lowest BCUT2D eigenvalue weighted by atomic mass is 10.0. The molecule has 1 unspecified atom stereocenters. The van der Waals surface area contributed by atoms with Gasteiger partial charge in [-0.2, -0.15) is 0 Å². The van der Waals surface area contributed by atoms with Gasteiger partial charge >= 0.3 is 11.9 Å². The van der Waals surface area contributed by atoms with Gasteiger partial charge in [-0.25, -0.2) is 0 Å². The van der Waals surface area contributed by atoms with Crippen LogP contribution in [-0.2, 0) is 19.1 Å². The van der Waals surface area contributed by atoms with E-state index in [0.29, 0.717) is 12.8 Å². The molecular formula is C44H75NO5. The number of rotatable bonds is 36. The van der Waals surface area contributed by atoms with Crippen molar-refractivity contribution in [2.24, 2.45) is 0 Å². The van der Waals surface area contributed by atoms with Gasteiger partial charge in [0.2, 0.25) is 5.91 Å². The molecule has 0 spiro atoms. The van der Waals surface area contributed by atoms with Crippen molar-refractivity contribution in [1.29, 1.82) is 0 Å². The SMILES string of the molecule is CC/C=C\C/C=C\C/C=C\CCCCCCCC(=O)OC(CCC/C=C\C/C=C\CCCCCCC)CCCCCCCC(=O)NCC(=O)O. The van der Waals surface area contributed by atoms with E-state index in [1.807, 2.05) is 0 Å². The van der Waals surface area contributed by atoms with Crippen LogP contribution in [0.3, 0.4) is 0 Å². The fourth-order valence-corrected chi connectivity index (χ4v) is 5.68. The summed E-state index contributed by atoms with van der Waals surface area (Å²) < 4.78 is 5.99. The van der Waals surface area contributed by atoms with Crippen LogP contribution in [0.25, 0.3) is 0 Å². The highest BCUT2D eigenvalue weighted by molar-refractivity contribution is 5.80. The molecule has 0 bridgehead atoms. The van der Waals surface area contributed by atoms with Crippen LogP contribution in [0.5, 0.6) is 0 Å². The molecule has 0 aromatic rings. The fourth-order valence-electron chi connectivity index (χ4n) is 5.68. The molecule has 0 aliphatic rings. The summed E-state index contributed by atoms with van der Waals surface area (Å²) in [7, 11) is 0. The van der Waals surface area contributed by atoms with Crippen LogP contribution in [-0.4, -0.2) is 35.6 Å². The van der Waals surface area contributed by atoms with E-state index in [1.54, 1.807) is 0 Å². The molecule has 0 saturated carbocycles. The Morgan fingerprint density at radius 2 is 1.00 bits per heavy atom. The van der Waals surface area contributed by atoms with Crippen LogP contribution >= 0.6 is 0 Å². The smallest absolute Gasteiger partial charge is 0.322 e. The minimum absolute atomic E-state index is 0.0280. The van der Waals surface area contributed by atoms with Gasteiger partial charge in [-0.3, -0.25) is 14.4 Å². The summed E-state index contributed by atoms with van der Waals surface area (Å²) in [6.07, 6.45) is 50.5. The van der Waals surface area contributed by atoms with Gasteiger partial charge in [0.15, 0.2) is 0 Å². The lowest BCUT2D eigenvalue weighted by Gasteiger charge is -2.18. The van der Waals surface area contributed by atoms with Crippen molar-refractivity contribution < 1.29 is 24.2 Å². The Hall–Kier alpha value is -2.89. The van der Waals surface area contributed by atoms with E-state index in [0.717, 1.165) is 109 Å². The summed E-state index contributed by atoms with van der Waals surface area (Å²) in [5.74, 6) is -1.28. The minimum atomic E-state index is -1.02. The molecule has 0 radical (unpaired) electrons. The predicted octanol–water partition coefficient (Wildman–Crippen LogP) is 12.5. The molecule has 286 valence electrons. The number of allylic oxidation sites excluding steroid dienone is 10. The van der Waals surface area contributed by atoms with Gasteiger partial charge < -0.3 is 15.2 Å². The van der Waals surface area contributed by atoms with E-state index in [2.05, 4.69) is 79.9 Å². The second-order valence-electron chi connectivity index (χ2n) is 13.5. The number of carbonyl (C=O) groups excluding carboxylic acids is 2. The molecule has 6 heteroatoms. The van der Waals surface area contributed by atoms with Gasteiger partial charge in [-0.05, 0) is 96.3 Å². The maximum absolute atomic E-state index is 12.7. The molecule has 0 saturated heterocycles. The van der Waals surface area contributed by atoms with Crippen molar-refractivity contribution in [1.82, 2.24) is 5.32 Å². The van der Waals surface area contributed by atoms with Crippen molar-refractivity contribution >= 4 is 17.8 Å². The molecule has 6 nitrogen and oxygen atoms in total. The lowest BCUT2D eigenvalue weighted by molar-refractivity contribution is -0.150. The maximum Gasteiger partial charge on any atom is 0.322 e. The number of hydrogen-bond acceptors (Lipinski definition) is 4. The summed E-state index contributed by atoms with van der Waals surface area (Å²) in [4.78, 5) is 35.0.